The minimum Gasteiger partial charge on any atom is -0.361 e. The van der Waals surface area contributed by atoms with Crippen molar-refractivity contribution in [2.75, 3.05) is 5.32 Å². The number of benzene rings is 2. The molecule has 0 spiro atoms. The summed E-state index contributed by atoms with van der Waals surface area (Å²) in [5, 5.41) is 4.84. The van der Waals surface area contributed by atoms with E-state index in [2.05, 4.69) is 71.7 Å². The van der Waals surface area contributed by atoms with Crippen LogP contribution in [0.15, 0.2) is 67.1 Å². The maximum absolute atomic E-state index is 4.07. The largest absolute Gasteiger partial charge is 0.361 e. The lowest BCUT2D eigenvalue weighted by atomic mass is 9.96. The first-order valence-electron chi connectivity index (χ1n) is 9.53. The number of pyridine rings is 1. The van der Waals surface area contributed by atoms with Gasteiger partial charge in [0.05, 0.1) is 0 Å². The summed E-state index contributed by atoms with van der Waals surface area (Å²) in [6, 6.07) is 17.0. The molecule has 0 aliphatic rings. The number of aromatic amines is 1. The van der Waals surface area contributed by atoms with E-state index in [0.29, 0.717) is 0 Å². The first-order valence-corrected chi connectivity index (χ1v) is 9.53. The fourth-order valence-corrected chi connectivity index (χ4v) is 3.68. The van der Waals surface area contributed by atoms with Gasteiger partial charge in [-0.3, -0.25) is 4.98 Å². The third kappa shape index (κ3) is 3.72. The van der Waals surface area contributed by atoms with Gasteiger partial charge in [0.2, 0.25) is 0 Å². The van der Waals surface area contributed by atoms with E-state index in [1.54, 1.807) is 0 Å². The third-order valence-corrected chi connectivity index (χ3v) is 5.43. The summed E-state index contributed by atoms with van der Waals surface area (Å²) in [7, 11) is 0. The van der Waals surface area contributed by atoms with Gasteiger partial charge in [0, 0.05) is 40.9 Å². The van der Waals surface area contributed by atoms with Gasteiger partial charge < -0.3 is 10.3 Å². The standard InChI is InChI=1S/C24H25N3/c1-17-18(2)23(27-21-12-14-25-15-13-21)11-10-19(17)6-5-7-20-16-26-24-9-4-3-8-22(20)24/h3-4,8-16,26H,5-7H2,1-2H3,(H,25,27). The third-order valence-electron chi connectivity index (χ3n) is 5.43. The molecule has 136 valence electrons. The van der Waals surface area contributed by atoms with Crippen molar-refractivity contribution in [2.24, 2.45) is 0 Å². The van der Waals surface area contributed by atoms with Crippen molar-refractivity contribution >= 4 is 22.3 Å². The number of aryl methyl sites for hydroxylation is 2. The molecule has 2 heterocycles. The van der Waals surface area contributed by atoms with Crippen LogP contribution in [0, 0.1) is 13.8 Å². The zero-order chi connectivity index (χ0) is 18.6. The average molecular weight is 355 g/mol. The highest BCUT2D eigenvalue weighted by atomic mass is 14.9. The number of nitrogens with zero attached hydrogens (tertiary/aromatic N) is 1. The summed E-state index contributed by atoms with van der Waals surface area (Å²) in [6.45, 7) is 4.43. The fourth-order valence-electron chi connectivity index (χ4n) is 3.68. The summed E-state index contributed by atoms with van der Waals surface area (Å²) in [5.41, 5.74) is 9.01. The van der Waals surface area contributed by atoms with Crippen LogP contribution >= 0.6 is 0 Å². The molecule has 3 heteroatoms. The second-order valence-corrected chi connectivity index (χ2v) is 7.10. The molecule has 27 heavy (non-hydrogen) atoms. The smallest absolute Gasteiger partial charge is 0.0456 e. The summed E-state index contributed by atoms with van der Waals surface area (Å²) in [4.78, 5) is 7.45. The van der Waals surface area contributed by atoms with Crippen molar-refractivity contribution < 1.29 is 0 Å². The molecule has 0 unspecified atom stereocenters. The molecule has 3 nitrogen and oxygen atoms in total. The number of hydrogen-bond donors (Lipinski definition) is 2. The highest BCUT2D eigenvalue weighted by molar-refractivity contribution is 5.83. The van der Waals surface area contributed by atoms with Gasteiger partial charge in [-0.2, -0.15) is 0 Å². The minimum absolute atomic E-state index is 1.07. The second-order valence-electron chi connectivity index (χ2n) is 7.10. The number of rotatable bonds is 6. The predicted molar refractivity (Wildman–Crippen MR) is 114 cm³/mol. The number of anilines is 2. The van der Waals surface area contributed by atoms with Crippen LogP contribution in [0.4, 0.5) is 11.4 Å². The first kappa shape index (κ1) is 17.3. The van der Waals surface area contributed by atoms with E-state index in [1.807, 2.05) is 24.5 Å². The lowest BCUT2D eigenvalue weighted by Crippen LogP contribution is -1.99. The predicted octanol–water partition coefficient (Wildman–Crippen LogP) is 6.10. The highest BCUT2D eigenvalue weighted by Crippen LogP contribution is 2.27. The van der Waals surface area contributed by atoms with E-state index in [-0.39, 0.29) is 0 Å². The maximum atomic E-state index is 4.07. The monoisotopic (exact) mass is 355 g/mol. The quantitative estimate of drug-likeness (QED) is 0.439. The van der Waals surface area contributed by atoms with Crippen LogP contribution in [0.25, 0.3) is 10.9 Å². The molecule has 0 bridgehead atoms. The van der Waals surface area contributed by atoms with Crippen LogP contribution in [-0.2, 0) is 12.8 Å². The van der Waals surface area contributed by atoms with Crippen LogP contribution in [-0.4, -0.2) is 9.97 Å². The van der Waals surface area contributed by atoms with Gasteiger partial charge in [-0.15, -0.1) is 0 Å². The summed E-state index contributed by atoms with van der Waals surface area (Å²) in [5.74, 6) is 0. The molecule has 0 fully saturated rings. The van der Waals surface area contributed by atoms with Crippen LogP contribution < -0.4 is 5.32 Å². The van der Waals surface area contributed by atoms with Crippen molar-refractivity contribution in [3.63, 3.8) is 0 Å². The van der Waals surface area contributed by atoms with Crippen LogP contribution in [0.1, 0.15) is 28.7 Å². The zero-order valence-corrected chi connectivity index (χ0v) is 15.9. The number of hydrogen-bond acceptors (Lipinski definition) is 2. The van der Waals surface area contributed by atoms with Gasteiger partial charge in [0.1, 0.15) is 0 Å². The Bertz CT molecular complexity index is 1050. The van der Waals surface area contributed by atoms with Crippen LogP contribution in [0.2, 0.25) is 0 Å². The van der Waals surface area contributed by atoms with E-state index < -0.39 is 0 Å². The summed E-state index contributed by atoms with van der Waals surface area (Å²) >= 11 is 0. The van der Waals surface area contributed by atoms with E-state index in [9.17, 15) is 0 Å². The van der Waals surface area contributed by atoms with Gasteiger partial charge in [-0.25, -0.2) is 0 Å². The summed E-state index contributed by atoms with van der Waals surface area (Å²) in [6.07, 6.45) is 9.12. The molecule has 0 aliphatic carbocycles. The Morgan fingerprint density at radius 3 is 2.48 bits per heavy atom. The molecule has 0 atom stereocenters. The molecule has 2 N–H and O–H groups in total. The molecule has 4 rings (SSSR count). The molecular weight excluding hydrogens is 330 g/mol. The van der Waals surface area contributed by atoms with Gasteiger partial charge in [-0.05, 0) is 79.6 Å². The molecule has 2 aromatic heterocycles. The Morgan fingerprint density at radius 1 is 0.852 bits per heavy atom. The first-order chi connectivity index (χ1) is 13.2. The number of H-pyrrole nitrogens is 1. The van der Waals surface area contributed by atoms with Crippen LogP contribution in [0.3, 0.4) is 0 Å². The molecule has 0 radical (unpaired) electrons. The molecule has 0 aliphatic heterocycles. The lowest BCUT2D eigenvalue weighted by molar-refractivity contribution is 0.819. The van der Waals surface area contributed by atoms with Crippen molar-refractivity contribution in [3.8, 4) is 0 Å². The molecule has 0 saturated heterocycles. The van der Waals surface area contributed by atoms with E-state index in [1.165, 1.54) is 38.8 Å². The number of aromatic nitrogens is 2. The molecule has 2 aromatic carbocycles. The number of fused-ring (bicyclic) bond motifs is 1. The zero-order valence-electron chi connectivity index (χ0n) is 15.9. The van der Waals surface area contributed by atoms with Gasteiger partial charge >= 0.3 is 0 Å². The van der Waals surface area contributed by atoms with Crippen molar-refractivity contribution in [1.29, 1.82) is 0 Å². The Balaban J connectivity index is 1.44. The lowest BCUT2D eigenvalue weighted by Gasteiger charge is -2.15. The SMILES string of the molecule is Cc1c(CCCc2c[nH]c3ccccc23)ccc(Nc2ccncc2)c1C. The molecule has 0 saturated carbocycles. The van der Waals surface area contributed by atoms with E-state index in [4.69, 9.17) is 0 Å². The van der Waals surface area contributed by atoms with Crippen molar-refractivity contribution in [3.05, 3.63) is 89.4 Å². The Labute approximate surface area is 160 Å². The molecular formula is C24H25N3. The Hall–Kier alpha value is -3.07. The molecule has 4 aromatic rings. The van der Waals surface area contributed by atoms with Crippen molar-refractivity contribution in [1.82, 2.24) is 9.97 Å². The van der Waals surface area contributed by atoms with Gasteiger partial charge in [0.25, 0.3) is 0 Å². The minimum atomic E-state index is 1.07. The summed E-state index contributed by atoms with van der Waals surface area (Å²) < 4.78 is 0. The van der Waals surface area contributed by atoms with E-state index >= 15 is 0 Å². The topological polar surface area (TPSA) is 40.7 Å². The van der Waals surface area contributed by atoms with Gasteiger partial charge in [0.15, 0.2) is 0 Å². The maximum Gasteiger partial charge on any atom is 0.0456 e. The number of nitrogens with one attached hydrogen (secondary N) is 2. The Kier molecular flexibility index (Phi) is 4.93. The average Bonchev–Trinajstić information content (AvgIpc) is 3.11. The highest BCUT2D eigenvalue weighted by Gasteiger charge is 2.08. The normalized spacial score (nSPS) is 11.0. The molecule has 0 amide bonds. The fraction of sp³-hybridized carbons (Fsp3) is 0.208. The second kappa shape index (κ2) is 7.67. The Morgan fingerprint density at radius 2 is 1.63 bits per heavy atom. The van der Waals surface area contributed by atoms with Crippen molar-refractivity contribution in [2.45, 2.75) is 33.1 Å². The van der Waals surface area contributed by atoms with Crippen LogP contribution in [0.5, 0.6) is 0 Å². The van der Waals surface area contributed by atoms with E-state index in [0.717, 1.165) is 24.9 Å². The number of para-hydroxylation sites is 1. The van der Waals surface area contributed by atoms with Gasteiger partial charge in [-0.1, -0.05) is 24.3 Å².